The Morgan fingerprint density at radius 2 is 1.71 bits per heavy atom. The van der Waals surface area contributed by atoms with Gasteiger partial charge in [0.05, 0.1) is 14.2 Å². The molecular formula is C23H31NO4. The summed E-state index contributed by atoms with van der Waals surface area (Å²) in [7, 11) is 3.21. The van der Waals surface area contributed by atoms with Crippen molar-refractivity contribution in [3.05, 3.63) is 53.1 Å². The highest BCUT2D eigenvalue weighted by atomic mass is 16.5. The molecule has 0 aliphatic rings. The molecule has 5 heteroatoms. The van der Waals surface area contributed by atoms with E-state index in [2.05, 4.69) is 26.0 Å². The third kappa shape index (κ3) is 5.41. The van der Waals surface area contributed by atoms with Gasteiger partial charge in [-0.1, -0.05) is 32.0 Å². The highest BCUT2D eigenvalue weighted by Gasteiger charge is 2.16. The van der Waals surface area contributed by atoms with E-state index in [1.807, 2.05) is 38.1 Å². The minimum absolute atomic E-state index is 0.0182. The Bertz CT molecular complexity index is 801. The molecule has 2 aromatic rings. The van der Waals surface area contributed by atoms with Crippen LogP contribution in [0.15, 0.2) is 36.4 Å². The number of methoxy groups -OCH3 is 2. The van der Waals surface area contributed by atoms with Crippen molar-refractivity contribution >= 4 is 5.91 Å². The van der Waals surface area contributed by atoms with Crippen LogP contribution in [0, 0.1) is 6.92 Å². The fraction of sp³-hybridized carbons (Fsp3) is 0.435. The van der Waals surface area contributed by atoms with Crippen molar-refractivity contribution in [1.82, 2.24) is 4.90 Å². The van der Waals surface area contributed by atoms with E-state index in [1.54, 1.807) is 19.1 Å². The number of likely N-dealkylation sites (N-methyl/N-ethyl adjacent to an activating group) is 1. The summed E-state index contributed by atoms with van der Waals surface area (Å²) in [6.07, 6.45) is 0. The zero-order valence-corrected chi connectivity index (χ0v) is 17.7. The number of carbonyl (C=O) groups excluding carboxylic acids is 1. The highest BCUT2D eigenvalue weighted by molar-refractivity contribution is 5.77. The van der Waals surface area contributed by atoms with Crippen molar-refractivity contribution in [3.63, 3.8) is 0 Å². The second-order valence-electron chi connectivity index (χ2n) is 7.08. The molecule has 0 spiro atoms. The minimum Gasteiger partial charge on any atom is -0.493 e. The SMILES string of the molecule is CCN(Cc1ccc(OC)c(OC)c1)C(=O)COc1cc(C)ccc1C(C)C. The number of ether oxygens (including phenoxy) is 3. The molecule has 28 heavy (non-hydrogen) atoms. The largest absolute Gasteiger partial charge is 0.493 e. The number of amides is 1. The van der Waals surface area contributed by atoms with Crippen LogP contribution < -0.4 is 14.2 Å². The molecule has 0 aromatic heterocycles. The number of carbonyl (C=O) groups is 1. The third-order valence-electron chi connectivity index (χ3n) is 4.70. The average molecular weight is 386 g/mol. The van der Waals surface area contributed by atoms with Gasteiger partial charge in [0, 0.05) is 13.1 Å². The minimum atomic E-state index is -0.0477. The Hall–Kier alpha value is -2.69. The molecule has 1 amide bonds. The maximum atomic E-state index is 12.7. The first-order chi connectivity index (χ1) is 13.4. The molecule has 0 unspecified atom stereocenters. The van der Waals surface area contributed by atoms with Crippen LogP contribution in [0.3, 0.4) is 0 Å². The summed E-state index contributed by atoms with van der Waals surface area (Å²) in [6, 6.07) is 11.8. The molecule has 152 valence electrons. The van der Waals surface area contributed by atoms with E-state index in [1.165, 1.54) is 0 Å². The monoisotopic (exact) mass is 385 g/mol. The molecule has 0 N–H and O–H groups in total. The first-order valence-corrected chi connectivity index (χ1v) is 9.61. The van der Waals surface area contributed by atoms with Gasteiger partial charge in [0.15, 0.2) is 18.1 Å². The van der Waals surface area contributed by atoms with Crippen LogP contribution in [0.1, 0.15) is 43.4 Å². The number of aryl methyl sites for hydroxylation is 1. The molecule has 5 nitrogen and oxygen atoms in total. The van der Waals surface area contributed by atoms with Gasteiger partial charge in [-0.25, -0.2) is 0 Å². The molecule has 0 radical (unpaired) electrons. The lowest BCUT2D eigenvalue weighted by molar-refractivity contribution is -0.133. The Morgan fingerprint density at radius 1 is 1.00 bits per heavy atom. The average Bonchev–Trinajstić information content (AvgIpc) is 2.69. The topological polar surface area (TPSA) is 48.0 Å². The summed E-state index contributed by atoms with van der Waals surface area (Å²) < 4.78 is 16.5. The van der Waals surface area contributed by atoms with E-state index in [0.717, 1.165) is 22.4 Å². The van der Waals surface area contributed by atoms with Crippen LogP contribution in [0.4, 0.5) is 0 Å². The smallest absolute Gasteiger partial charge is 0.260 e. The van der Waals surface area contributed by atoms with Crippen molar-refractivity contribution in [2.24, 2.45) is 0 Å². The van der Waals surface area contributed by atoms with Crippen molar-refractivity contribution in [3.8, 4) is 17.2 Å². The second kappa shape index (κ2) is 10.0. The van der Waals surface area contributed by atoms with Crippen molar-refractivity contribution in [2.75, 3.05) is 27.4 Å². The Kier molecular flexibility index (Phi) is 7.73. The Morgan fingerprint density at radius 3 is 2.32 bits per heavy atom. The number of nitrogens with zero attached hydrogens (tertiary/aromatic N) is 1. The van der Waals surface area contributed by atoms with Crippen LogP contribution in [-0.4, -0.2) is 38.2 Å². The highest BCUT2D eigenvalue weighted by Crippen LogP contribution is 2.29. The quantitative estimate of drug-likeness (QED) is 0.635. The van der Waals surface area contributed by atoms with Crippen LogP contribution >= 0.6 is 0 Å². The first kappa shape index (κ1) is 21.6. The van der Waals surface area contributed by atoms with E-state index < -0.39 is 0 Å². The molecule has 0 aliphatic heterocycles. The van der Waals surface area contributed by atoms with E-state index >= 15 is 0 Å². The van der Waals surface area contributed by atoms with E-state index in [9.17, 15) is 4.79 Å². The lowest BCUT2D eigenvalue weighted by Crippen LogP contribution is -2.34. The molecule has 0 atom stereocenters. The van der Waals surface area contributed by atoms with Crippen molar-refractivity contribution in [2.45, 2.75) is 40.2 Å². The molecule has 0 saturated heterocycles. The normalized spacial score (nSPS) is 10.7. The molecular weight excluding hydrogens is 354 g/mol. The summed E-state index contributed by atoms with van der Waals surface area (Å²) in [5.74, 6) is 2.39. The van der Waals surface area contributed by atoms with Gasteiger partial charge in [-0.3, -0.25) is 4.79 Å². The van der Waals surface area contributed by atoms with Crippen molar-refractivity contribution in [1.29, 1.82) is 0 Å². The summed E-state index contributed by atoms with van der Waals surface area (Å²) in [5.41, 5.74) is 3.21. The Balaban J connectivity index is 2.07. The zero-order valence-electron chi connectivity index (χ0n) is 17.7. The molecule has 0 bridgehead atoms. The van der Waals surface area contributed by atoms with Crippen LogP contribution in [0.25, 0.3) is 0 Å². The summed E-state index contributed by atoms with van der Waals surface area (Å²) in [6.45, 7) is 9.33. The van der Waals surface area contributed by atoms with Gasteiger partial charge in [0.1, 0.15) is 5.75 Å². The molecule has 2 aromatic carbocycles. The van der Waals surface area contributed by atoms with Gasteiger partial charge in [-0.05, 0) is 54.7 Å². The fourth-order valence-electron chi connectivity index (χ4n) is 3.05. The molecule has 0 heterocycles. The van der Waals surface area contributed by atoms with E-state index in [4.69, 9.17) is 14.2 Å². The predicted molar refractivity (Wildman–Crippen MR) is 111 cm³/mol. The van der Waals surface area contributed by atoms with Gasteiger partial charge in [0.25, 0.3) is 5.91 Å². The number of benzene rings is 2. The van der Waals surface area contributed by atoms with Gasteiger partial charge in [-0.15, -0.1) is 0 Å². The molecule has 0 fully saturated rings. The number of rotatable bonds is 9. The van der Waals surface area contributed by atoms with Gasteiger partial charge < -0.3 is 19.1 Å². The molecule has 0 aliphatic carbocycles. The van der Waals surface area contributed by atoms with Crippen LogP contribution in [0.5, 0.6) is 17.2 Å². The summed E-state index contributed by atoms with van der Waals surface area (Å²) in [4.78, 5) is 14.5. The fourth-order valence-corrected chi connectivity index (χ4v) is 3.05. The van der Waals surface area contributed by atoms with Crippen LogP contribution in [0.2, 0.25) is 0 Å². The molecule has 0 saturated carbocycles. The van der Waals surface area contributed by atoms with Crippen molar-refractivity contribution < 1.29 is 19.0 Å². The first-order valence-electron chi connectivity index (χ1n) is 9.61. The summed E-state index contributed by atoms with van der Waals surface area (Å²) in [5, 5.41) is 0. The number of hydrogen-bond acceptors (Lipinski definition) is 4. The van der Waals surface area contributed by atoms with Gasteiger partial charge >= 0.3 is 0 Å². The lowest BCUT2D eigenvalue weighted by atomic mass is 10.0. The second-order valence-corrected chi connectivity index (χ2v) is 7.08. The standard InChI is InChI=1S/C23H31NO4/c1-7-24(14-18-9-11-20(26-5)22(13-18)27-6)23(25)15-28-21-12-17(4)8-10-19(21)16(2)3/h8-13,16H,7,14-15H2,1-6H3. The van der Waals surface area contributed by atoms with Crippen LogP contribution in [-0.2, 0) is 11.3 Å². The maximum Gasteiger partial charge on any atom is 0.260 e. The maximum absolute atomic E-state index is 12.7. The third-order valence-corrected chi connectivity index (χ3v) is 4.70. The van der Waals surface area contributed by atoms with Gasteiger partial charge in [0.2, 0.25) is 0 Å². The van der Waals surface area contributed by atoms with Gasteiger partial charge in [-0.2, -0.15) is 0 Å². The van der Waals surface area contributed by atoms with E-state index in [0.29, 0.717) is 30.5 Å². The van der Waals surface area contributed by atoms with E-state index in [-0.39, 0.29) is 12.5 Å². The molecule has 2 rings (SSSR count). The zero-order chi connectivity index (χ0) is 20.7. The summed E-state index contributed by atoms with van der Waals surface area (Å²) >= 11 is 0. The Labute approximate surface area is 168 Å². The lowest BCUT2D eigenvalue weighted by Gasteiger charge is -2.22. The number of hydrogen-bond donors (Lipinski definition) is 0. The predicted octanol–water partition coefficient (Wildman–Crippen LogP) is 4.56.